The monoisotopic (exact) mass is 245 g/mol. The zero-order chi connectivity index (χ0) is 13.5. The van der Waals surface area contributed by atoms with Gasteiger partial charge in [0, 0.05) is 13.2 Å². The summed E-state index contributed by atoms with van der Waals surface area (Å²) in [4.78, 5) is 11.9. The molecule has 4 heteroatoms. The van der Waals surface area contributed by atoms with Gasteiger partial charge in [-0.2, -0.15) is 0 Å². The van der Waals surface area contributed by atoms with E-state index in [-0.39, 0.29) is 23.4 Å². The number of hydrogen-bond acceptors (Lipinski definition) is 4. The van der Waals surface area contributed by atoms with Gasteiger partial charge in [-0.25, -0.2) is 0 Å². The number of nitrogens with two attached hydrogens (primary N) is 1. The number of ether oxygens (including phenoxy) is 2. The molecule has 0 saturated carbocycles. The average molecular weight is 245 g/mol. The lowest BCUT2D eigenvalue weighted by Gasteiger charge is -2.25. The Morgan fingerprint density at radius 3 is 2.35 bits per heavy atom. The van der Waals surface area contributed by atoms with Crippen LogP contribution in [0.25, 0.3) is 0 Å². The van der Waals surface area contributed by atoms with Crippen molar-refractivity contribution in [3.8, 4) is 0 Å². The molecule has 2 unspecified atom stereocenters. The molecule has 0 aliphatic rings. The third-order valence-electron chi connectivity index (χ3n) is 2.35. The van der Waals surface area contributed by atoms with Gasteiger partial charge in [0.2, 0.25) is 0 Å². The first-order valence-electron chi connectivity index (χ1n) is 6.28. The number of rotatable bonds is 7. The lowest BCUT2D eigenvalue weighted by Crippen LogP contribution is -2.32. The van der Waals surface area contributed by atoms with Crippen molar-refractivity contribution < 1.29 is 14.3 Å². The molecule has 2 N–H and O–H groups in total. The Kier molecular flexibility index (Phi) is 7.39. The van der Waals surface area contributed by atoms with E-state index >= 15 is 0 Å². The van der Waals surface area contributed by atoms with Crippen molar-refractivity contribution in [2.45, 2.75) is 47.1 Å². The van der Waals surface area contributed by atoms with Gasteiger partial charge in [-0.3, -0.25) is 4.79 Å². The molecular formula is C13H27NO3. The van der Waals surface area contributed by atoms with Crippen LogP contribution >= 0.6 is 0 Å². The second kappa shape index (κ2) is 7.67. The van der Waals surface area contributed by atoms with Gasteiger partial charge in [-0.1, -0.05) is 20.8 Å². The minimum absolute atomic E-state index is 0.0756. The van der Waals surface area contributed by atoms with Crippen LogP contribution in [0.3, 0.4) is 0 Å². The highest BCUT2D eigenvalue weighted by atomic mass is 16.6. The molecule has 0 radical (unpaired) electrons. The summed E-state index contributed by atoms with van der Waals surface area (Å²) in [5.41, 5.74) is 5.70. The molecule has 0 bridgehead atoms. The third kappa shape index (κ3) is 8.16. The first-order chi connectivity index (χ1) is 7.80. The van der Waals surface area contributed by atoms with Crippen LogP contribution in [0.4, 0.5) is 0 Å². The predicted octanol–water partition coefficient (Wildman–Crippen LogP) is 1.97. The molecule has 0 heterocycles. The van der Waals surface area contributed by atoms with E-state index < -0.39 is 0 Å². The Morgan fingerprint density at radius 1 is 1.35 bits per heavy atom. The molecule has 0 saturated heterocycles. The van der Waals surface area contributed by atoms with Crippen molar-refractivity contribution in [1.82, 2.24) is 0 Å². The van der Waals surface area contributed by atoms with E-state index in [0.717, 1.165) is 6.42 Å². The van der Waals surface area contributed by atoms with Crippen LogP contribution in [0.1, 0.15) is 41.0 Å². The molecule has 0 fully saturated rings. The van der Waals surface area contributed by atoms with Crippen molar-refractivity contribution in [3.63, 3.8) is 0 Å². The van der Waals surface area contributed by atoms with Crippen LogP contribution in [0.15, 0.2) is 0 Å². The molecule has 0 aromatic rings. The molecule has 17 heavy (non-hydrogen) atoms. The maximum absolute atomic E-state index is 11.9. The summed E-state index contributed by atoms with van der Waals surface area (Å²) < 4.78 is 10.5. The minimum atomic E-state index is -0.223. The first kappa shape index (κ1) is 16.4. The summed E-state index contributed by atoms with van der Waals surface area (Å²) in [6, 6.07) is 0. The number of carbonyl (C=O) groups is 1. The molecule has 0 spiro atoms. The standard InChI is InChI=1S/C13H27NO3/c1-6-16-9-10(2)17-12(15)11(8-14)7-13(3,4)5/h10-11H,6-9,14H2,1-5H3. The maximum Gasteiger partial charge on any atom is 0.310 e. The van der Waals surface area contributed by atoms with Gasteiger partial charge in [0.05, 0.1) is 12.5 Å². The van der Waals surface area contributed by atoms with E-state index in [9.17, 15) is 4.79 Å². The topological polar surface area (TPSA) is 61.5 Å². The fourth-order valence-corrected chi connectivity index (χ4v) is 1.61. The Hall–Kier alpha value is -0.610. The molecule has 0 aromatic heterocycles. The lowest BCUT2D eigenvalue weighted by molar-refractivity contribution is -0.156. The molecule has 4 nitrogen and oxygen atoms in total. The highest BCUT2D eigenvalue weighted by Crippen LogP contribution is 2.24. The van der Waals surface area contributed by atoms with E-state index in [1.54, 1.807) is 0 Å². The van der Waals surface area contributed by atoms with E-state index in [0.29, 0.717) is 19.8 Å². The molecule has 0 aliphatic heterocycles. The van der Waals surface area contributed by atoms with Crippen LogP contribution in [-0.4, -0.2) is 31.8 Å². The van der Waals surface area contributed by atoms with Crippen LogP contribution in [-0.2, 0) is 14.3 Å². The Bertz CT molecular complexity index is 223. The van der Waals surface area contributed by atoms with Crippen molar-refractivity contribution in [3.05, 3.63) is 0 Å². The van der Waals surface area contributed by atoms with Crippen molar-refractivity contribution >= 4 is 5.97 Å². The lowest BCUT2D eigenvalue weighted by atomic mass is 9.84. The van der Waals surface area contributed by atoms with Gasteiger partial charge in [0.15, 0.2) is 0 Å². The number of carbonyl (C=O) groups excluding carboxylic acids is 1. The molecule has 0 rings (SSSR count). The number of esters is 1. The van der Waals surface area contributed by atoms with Gasteiger partial charge in [-0.15, -0.1) is 0 Å². The molecule has 102 valence electrons. The summed E-state index contributed by atoms with van der Waals surface area (Å²) in [6.45, 7) is 11.4. The van der Waals surface area contributed by atoms with Gasteiger partial charge >= 0.3 is 5.97 Å². The molecule has 0 amide bonds. The molecule has 0 aromatic carbocycles. The predicted molar refractivity (Wildman–Crippen MR) is 68.7 cm³/mol. The Labute approximate surface area is 105 Å². The maximum atomic E-state index is 11.9. The highest BCUT2D eigenvalue weighted by Gasteiger charge is 2.26. The van der Waals surface area contributed by atoms with E-state index in [1.165, 1.54) is 0 Å². The Balaban J connectivity index is 4.16. The van der Waals surface area contributed by atoms with Crippen LogP contribution in [0, 0.1) is 11.3 Å². The average Bonchev–Trinajstić information content (AvgIpc) is 2.21. The van der Waals surface area contributed by atoms with Gasteiger partial charge in [-0.05, 0) is 25.7 Å². The normalized spacial score (nSPS) is 15.4. The van der Waals surface area contributed by atoms with Crippen LogP contribution < -0.4 is 5.73 Å². The van der Waals surface area contributed by atoms with Crippen LogP contribution in [0.5, 0.6) is 0 Å². The summed E-state index contributed by atoms with van der Waals surface area (Å²) in [7, 11) is 0. The zero-order valence-corrected chi connectivity index (χ0v) is 11.8. The van der Waals surface area contributed by atoms with Crippen molar-refractivity contribution in [1.29, 1.82) is 0 Å². The number of hydrogen-bond donors (Lipinski definition) is 1. The van der Waals surface area contributed by atoms with E-state index in [1.807, 2.05) is 13.8 Å². The van der Waals surface area contributed by atoms with E-state index in [2.05, 4.69) is 20.8 Å². The highest BCUT2D eigenvalue weighted by molar-refractivity contribution is 5.72. The smallest absolute Gasteiger partial charge is 0.310 e. The van der Waals surface area contributed by atoms with Crippen molar-refractivity contribution in [2.75, 3.05) is 19.8 Å². The molecule has 0 aliphatic carbocycles. The van der Waals surface area contributed by atoms with Crippen LogP contribution in [0.2, 0.25) is 0 Å². The fraction of sp³-hybridized carbons (Fsp3) is 0.923. The quantitative estimate of drug-likeness (QED) is 0.697. The summed E-state index contributed by atoms with van der Waals surface area (Å²) >= 11 is 0. The van der Waals surface area contributed by atoms with Gasteiger partial charge in [0.25, 0.3) is 0 Å². The first-order valence-corrected chi connectivity index (χ1v) is 6.28. The van der Waals surface area contributed by atoms with Gasteiger partial charge < -0.3 is 15.2 Å². The summed E-state index contributed by atoms with van der Waals surface area (Å²) in [5.74, 6) is -0.436. The molecule has 2 atom stereocenters. The Morgan fingerprint density at radius 2 is 1.94 bits per heavy atom. The largest absolute Gasteiger partial charge is 0.460 e. The zero-order valence-electron chi connectivity index (χ0n) is 11.8. The third-order valence-corrected chi connectivity index (χ3v) is 2.35. The molecular weight excluding hydrogens is 218 g/mol. The second-order valence-corrected chi connectivity index (χ2v) is 5.60. The SMILES string of the molecule is CCOCC(C)OC(=O)C(CN)CC(C)(C)C. The summed E-state index contributed by atoms with van der Waals surface area (Å²) in [6.07, 6.45) is 0.528. The van der Waals surface area contributed by atoms with Crippen molar-refractivity contribution in [2.24, 2.45) is 17.1 Å². The van der Waals surface area contributed by atoms with E-state index in [4.69, 9.17) is 15.2 Å². The summed E-state index contributed by atoms with van der Waals surface area (Å²) in [5, 5.41) is 0. The second-order valence-electron chi connectivity index (χ2n) is 5.60. The fourth-order valence-electron chi connectivity index (χ4n) is 1.61. The van der Waals surface area contributed by atoms with Gasteiger partial charge in [0.1, 0.15) is 6.10 Å². The minimum Gasteiger partial charge on any atom is -0.460 e.